The van der Waals surface area contributed by atoms with E-state index in [0.717, 1.165) is 11.3 Å². The van der Waals surface area contributed by atoms with E-state index in [0.29, 0.717) is 23.3 Å². The van der Waals surface area contributed by atoms with Gasteiger partial charge in [0.25, 0.3) is 0 Å². The molecule has 5 heteroatoms. The molecule has 0 aliphatic heterocycles. The lowest BCUT2D eigenvalue weighted by Gasteiger charge is -2.01. The van der Waals surface area contributed by atoms with Gasteiger partial charge < -0.3 is 5.73 Å². The molecule has 0 saturated heterocycles. The molecule has 74 valence electrons. The van der Waals surface area contributed by atoms with Crippen molar-refractivity contribution in [3.63, 3.8) is 0 Å². The number of hydrogen-bond acceptors (Lipinski definition) is 2. The van der Waals surface area contributed by atoms with Crippen LogP contribution in [-0.4, -0.2) is 15.9 Å². The molecule has 0 bridgehead atoms. The number of pyridine rings is 1. The van der Waals surface area contributed by atoms with Crippen LogP contribution in [0.2, 0.25) is 10.3 Å². The number of rotatable bonds is 2. The maximum atomic E-state index is 6.03. The largest absolute Gasteiger partial charge is 0.330 e. The van der Waals surface area contributed by atoms with Crippen molar-refractivity contribution in [1.82, 2.24) is 9.38 Å². The first kappa shape index (κ1) is 9.77. The molecule has 14 heavy (non-hydrogen) atoms. The number of nitrogens with zero attached hydrogens (tertiary/aromatic N) is 2. The first-order chi connectivity index (χ1) is 6.74. The Bertz CT molecular complexity index is 464. The second-order valence-electron chi connectivity index (χ2n) is 2.93. The molecule has 0 aliphatic rings. The molecular weight excluding hydrogens is 221 g/mol. The minimum atomic E-state index is 0.468. The Kier molecular flexibility index (Phi) is 2.63. The van der Waals surface area contributed by atoms with Crippen LogP contribution in [0.5, 0.6) is 0 Å². The fourth-order valence-corrected chi connectivity index (χ4v) is 1.93. The van der Waals surface area contributed by atoms with Crippen LogP contribution in [-0.2, 0) is 6.42 Å². The summed E-state index contributed by atoms with van der Waals surface area (Å²) in [6.07, 6.45) is 0.664. The maximum absolute atomic E-state index is 6.03. The lowest BCUT2D eigenvalue weighted by atomic mass is 10.4. The van der Waals surface area contributed by atoms with Crippen molar-refractivity contribution in [2.24, 2.45) is 5.73 Å². The molecule has 3 nitrogen and oxygen atoms in total. The molecule has 2 heterocycles. The first-order valence-corrected chi connectivity index (χ1v) is 5.01. The summed E-state index contributed by atoms with van der Waals surface area (Å²) in [6, 6.07) is 5.52. The van der Waals surface area contributed by atoms with Crippen molar-refractivity contribution < 1.29 is 0 Å². The van der Waals surface area contributed by atoms with Crippen LogP contribution < -0.4 is 5.73 Å². The second-order valence-corrected chi connectivity index (χ2v) is 3.67. The van der Waals surface area contributed by atoms with E-state index in [4.69, 9.17) is 28.9 Å². The quantitative estimate of drug-likeness (QED) is 0.803. The van der Waals surface area contributed by atoms with Gasteiger partial charge in [-0.25, -0.2) is 4.98 Å². The van der Waals surface area contributed by atoms with E-state index >= 15 is 0 Å². The number of fused-ring (bicyclic) bond motifs is 1. The van der Waals surface area contributed by atoms with Crippen LogP contribution >= 0.6 is 23.2 Å². The van der Waals surface area contributed by atoms with E-state index in [1.54, 1.807) is 6.07 Å². The fraction of sp³-hybridized carbons (Fsp3) is 0.222. The average molecular weight is 230 g/mol. The normalized spacial score (nSPS) is 11.1. The van der Waals surface area contributed by atoms with E-state index in [1.165, 1.54) is 0 Å². The number of hydrogen-bond donors (Lipinski definition) is 1. The van der Waals surface area contributed by atoms with Crippen molar-refractivity contribution in [1.29, 1.82) is 0 Å². The van der Waals surface area contributed by atoms with E-state index < -0.39 is 0 Å². The minimum absolute atomic E-state index is 0.468. The smallest absolute Gasteiger partial charge is 0.155 e. The topological polar surface area (TPSA) is 43.3 Å². The average Bonchev–Trinajstić information content (AvgIpc) is 2.46. The van der Waals surface area contributed by atoms with Gasteiger partial charge in [0.15, 0.2) is 5.15 Å². The van der Waals surface area contributed by atoms with Crippen molar-refractivity contribution in [3.05, 3.63) is 34.3 Å². The Morgan fingerprint density at radius 2 is 2.14 bits per heavy atom. The highest BCUT2D eigenvalue weighted by Crippen LogP contribution is 2.22. The number of aromatic nitrogens is 2. The second kappa shape index (κ2) is 3.77. The highest BCUT2D eigenvalue weighted by molar-refractivity contribution is 6.33. The van der Waals surface area contributed by atoms with E-state index in [1.807, 2.05) is 16.5 Å². The Labute approximate surface area is 91.4 Å². The summed E-state index contributed by atoms with van der Waals surface area (Å²) in [5.41, 5.74) is 6.29. The zero-order valence-electron chi connectivity index (χ0n) is 7.37. The van der Waals surface area contributed by atoms with Crippen LogP contribution in [0.15, 0.2) is 18.2 Å². The van der Waals surface area contributed by atoms with Gasteiger partial charge >= 0.3 is 0 Å². The summed E-state index contributed by atoms with van der Waals surface area (Å²) in [7, 11) is 0. The lowest BCUT2D eigenvalue weighted by molar-refractivity contribution is 0.863. The predicted octanol–water partition coefficient (Wildman–Crippen LogP) is 2.14. The summed E-state index contributed by atoms with van der Waals surface area (Å²) in [5, 5.41) is 1.07. The predicted molar refractivity (Wildman–Crippen MR) is 58.0 cm³/mol. The zero-order valence-corrected chi connectivity index (χ0v) is 8.89. The van der Waals surface area contributed by atoms with Gasteiger partial charge in [-0.3, -0.25) is 4.40 Å². The van der Waals surface area contributed by atoms with Gasteiger partial charge in [0.2, 0.25) is 0 Å². The van der Waals surface area contributed by atoms with Crippen molar-refractivity contribution >= 4 is 28.7 Å². The van der Waals surface area contributed by atoms with Gasteiger partial charge in [-0.2, -0.15) is 0 Å². The van der Waals surface area contributed by atoms with Crippen LogP contribution in [0.3, 0.4) is 0 Å². The standard InChI is InChI=1S/C9H9Cl2N3/c10-7-3-1-2-6-9(11)13-8(4-5-12)14(6)7/h1-3H,4-5,12H2. The van der Waals surface area contributed by atoms with Crippen LogP contribution in [0, 0.1) is 0 Å². The third-order valence-electron chi connectivity index (χ3n) is 2.01. The molecule has 0 amide bonds. The van der Waals surface area contributed by atoms with Crippen LogP contribution in [0.25, 0.3) is 5.52 Å². The molecule has 2 aromatic rings. The van der Waals surface area contributed by atoms with Crippen molar-refractivity contribution in [2.75, 3.05) is 6.54 Å². The number of halogens is 2. The molecular formula is C9H9Cl2N3. The van der Waals surface area contributed by atoms with Gasteiger partial charge in [0.05, 0.1) is 5.52 Å². The third-order valence-corrected chi connectivity index (χ3v) is 2.58. The molecule has 0 aliphatic carbocycles. The lowest BCUT2D eigenvalue weighted by Crippen LogP contribution is -2.06. The third kappa shape index (κ3) is 1.47. The SMILES string of the molecule is NCCc1nc(Cl)c2cccc(Cl)n12. The molecule has 0 unspecified atom stereocenters. The summed E-state index contributed by atoms with van der Waals surface area (Å²) < 4.78 is 1.82. The minimum Gasteiger partial charge on any atom is -0.330 e. The van der Waals surface area contributed by atoms with Gasteiger partial charge in [-0.05, 0) is 18.7 Å². The van der Waals surface area contributed by atoms with E-state index in [-0.39, 0.29) is 0 Å². The molecule has 0 atom stereocenters. The number of imidazole rings is 1. The molecule has 0 aromatic carbocycles. The zero-order chi connectivity index (χ0) is 10.1. The van der Waals surface area contributed by atoms with E-state index in [2.05, 4.69) is 4.98 Å². The maximum Gasteiger partial charge on any atom is 0.155 e. The molecule has 2 rings (SSSR count). The van der Waals surface area contributed by atoms with Gasteiger partial charge in [-0.15, -0.1) is 0 Å². The number of nitrogens with two attached hydrogens (primary N) is 1. The Morgan fingerprint density at radius 3 is 2.86 bits per heavy atom. The fourth-order valence-electron chi connectivity index (χ4n) is 1.42. The Morgan fingerprint density at radius 1 is 1.36 bits per heavy atom. The Hall–Kier alpha value is -0.770. The first-order valence-electron chi connectivity index (χ1n) is 4.25. The molecule has 2 aromatic heterocycles. The Balaban J connectivity index is 2.72. The summed E-state index contributed by atoms with van der Waals surface area (Å²) in [6.45, 7) is 0.528. The monoisotopic (exact) mass is 229 g/mol. The van der Waals surface area contributed by atoms with Crippen LogP contribution in [0.1, 0.15) is 5.82 Å². The highest BCUT2D eigenvalue weighted by atomic mass is 35.5. The van der Waals surface area contributed by atoms with Crippen molar-refractivity contribution in [3.8, 4) is 0 Å². The van der Waals surface area contributed by atoms with Gasteiger partial charge in [-0.1, -0.05) is 29.3 Å². The summed E-state index contributed by atoms with van der Waals surface area (Å²) in [4.78, 5) is 4.20. The molecule has 0 radical (unpaired) electrons. The van der Waals surface area contributed by atoms with Crippen LogP contribution in [0.4, 0.5) is 0 Å². The molecule has 0 fully saturated rings. The molecule has 2 N–H and O–H groups in total. The van der Waals surface area contributed by atoms with Crippen molar-refractivity contribution in [2.45, 2.75) is 6.42 Å². The van der Waals surface area contributed by atoms with Gasteiger partial charge in [0.1, 0.15) is 11.0 Å². The molecule has 0 saturated carbocycles. The highest BCUT2D eigenvalue weighted by Gasteiger charge is 2.10. The summed E-state index contributed by atoms with van der Waals surface area (Å²) in [5.74, 6) is 0.804. The van der Waals surface area contributed by atoms with E-state index in [9.17, 15) is 0 Å². The summed E-state index contributed by atoms with van der Waals surface area (Å²) >= 11 is 12.0. The van der Waals surface area contributed by atoms with Gasteiger partial charge in [0, 0.05) is 6.42 Å². The molecule has 0 spiro atoms.